The Morgan fingerprint density at radius 3 is 3.24 bits per heavy atom. The van der Waals surface area contributed by atoms with Crippen LogP contribution < -0.4 is 10.6 Å². The number of oxazole rings is 1. The van der Waals surface area contributed by atoms with Crippen LogP contribution in [-0.2, 0) is 11.2 Å². The van der Waals surface area contributed by atoms with E-state index in [-0.39, 0.29) is 11.9 Å². The Bertz CT molecular complexity index is 635. The molecular weight excluding hydrogens is 286 g/mol. The zero-order valence-corrected chi connectivity index (χ0v) is 12.8. The Morgan fingerprint density at radius 1 is 1.57 bits per heavy atom. The van der Waals surface area contributed by atoms with Gasteiger partial charge >= 0.3 is 0 Å². The molecule has 0 spiro atoms. The number of rotatable bonds is 4. The van der Waals surface area contributed by atoms with Crippen LogP contribution in [0.3, 0.4) is 0 Å². The largest absolute Gasteiger partial charge is 0.441 e. The molecule has 1 aliphatic rings. The Balaban J connectivity index is 1.64. The lowest BCUT2D eigenvalue weighted by atomic mass is 10.2. The van der Waals surface area contributed by atoms with Gasteiger partial charge < -0.3 is 15.1 Å². The fourth-order valence-electron chi connectivity index (χ4n) is 2.39. The lowest BCUT2D eigenvalue weighted by molar-refractivity contribution is -0.116. The highest BCUT2D eigenvalue weighted by molar-refractivity contribution is 7.99. The molecule has 1 fully saturated rings. The van der Waals surface area contributed by atoms with Crippen molar-refractivity contribution < 1.29 is 9.21 Å². The number of nitrogens with zero attached hydrogens (tertiary/aromatic N) is 1. The number of aromatic nitrogens is 1. The molecule has 1 amide bonds. The number of aryl methyl sites for hydroxylation is 1. The fraction of sp³-hybridized carbons (Fsp3) is 0.467. The molecule has 21 heavy (non-hydrogen) atoms. The molecule has 1 atom stereocenters. The van der Waals surface area contributed by atoms with Gasteiger partial charge in [-0.1, -0.05) is 6.92 Å². The number of hydrogen-bond donors (Lipinski definition) is 2. The molecule has 2 heterocycles. The maximum absolute atomic E-state index is 12.1. The van der Waals surface area contributed by atoms with E-state index >= 15 is 0 Å². The van der Waals surface area contributed by atoms with Crippen LogP contribution in [0.4, 0.5) is 5.69 Å². The molecule has 0 aliphatic carbocycles. The minimum atomic E-state index is 0.0357. The van der Waals surface area contributed by atoms with Crippen LogP contribution >= 0.6 is 11.8 Å². The van der Waals surface area contributed by atoms with E-state index in [9.17, 15) is 4.79 Å². The molecule has 1 aromatic heterocycles. The average Bonchev–Trinajstić information content (AvgIpc) is 2.90. The zero-order valence-electron chi connectivity index (χ0n) is 12.0. The molecule has 112 valence electrons. The summed E-state index contributed by atoms with van der Waals surface area (Å²) in [7, 11) is 0. The van der Waals surface area contributed by atoms with Crippen molar-refractivity contribution in [2.24, 2.45) is 0 Å². The number of nitrogens with one attached hydrogen (secondary N) is 2. The number of amides is 1. The molecule has 5 nitrogen and oxygen atoms in total. The smallest absolute Gasteiger partial charge is 0.225 e. The third-order valence-electron chi connectivity index (χ3n) is 3.45. The molecule has 2 N–H and O–H groups in total. The predicted molar refractivity (Wildman–Crippen MR) is 85.7 cm³/mol. The summed E-state index contributed by atoms with van der Waals surface area (Å²) in [5.74, 6) is 2.88. The summed E-state index contributed by atoms with van der Waals surface area (Å²) >= 11 is 1.89. The maximum atomic E-state index is 12.1. The highest BCUT2D eigenvalue weighted by Crippen LogP contribution is 2.20. The van der Waals surface area contributed by atoms with Gasteiger partial charge in [-0.05, 0) is 18.2 Å². The van der Waals surface area contributed by atoms with Gasteiger partial charge in [0.1, 0.15) is 5.52 Å². The first kappa shape index (κ1) is 14.4. The van der Waals surface area contributed by atoms with Crippen LogP contribution in [0.1, 0.15) is 19.2 Å². The van der Waals surface area contributed by atoms with Gasteiger partial charge in [0.25, 0.3) is 0 Å². The highest BCUT2D eigenvalue weighted by atomic mass is 32.2. The van der Waals surface area contributed by atoms with Gasteiger partial charge in [-0.2, -0.15) is 11.8 Å². The molecule has 1 aliphatic heterocycles. The second-order valence-electron chi connectivity index (χ2n) is 5.12. The number of hydrogen-bond acceptors (Lipinski definition) is 5. The van der Waals surface area contributed by atoms with Crippen LogP contribution in [0.5, 0.6) is 0 Å². The van der Waals surface area contributed by atoms with Crippen LogP contribution in [-0.4, -0.2) is 35.0 Å². The van der Waals surface area contributed by atoms with Gasteiger partial charge in [-0.3, -0.25) is 4.79 Å². The number of anilines is 1. The lowest BCUT2D eigenvalue weighted by Gasteiger charge is -2.22. The van der Waals surface area contributed by atoms with Crippen molar-refractivity contribution in [1.82, 2.24) is 10.3 Å². The Morgan fingerprint density at radius 2 is 2.48 bits per heavy atom. The Kier molecular flexibility index (Phi) is 4.45. The first-order valence-corrected chi connectivity index (χ1v) is 8.40. The van der Waals surface area contributed by atoms with Crippen LogP contribution in [0, 0.1) is 0 Å². The molecule has 0 radical (unpaired) electrons. The topological polar surface area (TPSA) is 67.2 Å². The molecule has 1 unspecified atom stereocenters. The summed E-state index contributed by atoms with van der Waals surface area (Å²) in [6, 6.07) is 5.84. The predicted octanol–water partition coefficient (Wildman–Crippen LogP) is 2.42. The van der Waals surface area contributed by atoms with E-state index in [1.807, 2.05) is 36.9 Å². The molecule has 0 saturated carbocycles. The summed E-state index contributed by atoms with van der Waals surface area (Å²) in [5.41, 5.74) is 2.32. The molecule has 1 saturated heterocycles. The van der Waals surface area contributed by atoms with E-state index in [1.165, 1.54) is 0 Å². The van der Waals surface area contributed by atoms with Crippen molar-refractivity contribution in [2.75, 3.05) is 23.4 Å². The van der Waals surface area contributed by atoms with Crippen molar-refractivity contribution in [2.45, 2.75) is 25.8 Å². The van der Waals surface area contributed by atoms with E-state index in [1.54, 1.807) is 0 Å². The van der Waals surface area contributed by atoms with Gasteiger partial charge in [0.15, 0.2) is 11.5 Å². The summed E-state index contributed by atoms with van der Waals surface area (Å²) in [6.07, 6.45) is 1.27. The second-order valence-corrected chi connectivity index (χ2v) is 6.27. The van der Waals surface area contributed by atoms with E-state index in [4.69, 9.17) is 4.42 Å². The monoisotopic (exact) mass is 305 g/mol. The first-order chi connectivity index (χ1) is 10.2. The van der Waals surface area contributed by atoms with Crippen molar-refractivity contribution in [3.8, 4) is 0 Å². The number of thioether (sulfide) groups is 1. The molecule has 3 rings (SSSR count). The summed E-state index contributed by atoms with van der Waals surface area (Å²) in [6.45, 7) is 2.98. The summed E-state index contributed by atoms with van der Waals surface area (Å²) < 4.78 is 5.56. The summed E-state index contributed by atoms with van der Waals surface area (Å²) in [4.78, 5) is 16.5. The molecule has 0 bridgehead atoms. The number of carbonyl (C=O) groups excluding carboxylic acids is 1. The van der Waals surface area contributed by atoms with Gasteiger partial charge in [0, 0.05) is 42.6 Å². The van der Waals surface area contributed by atoms with E-state index in [2.05, 4.69) is 15.6 Å². The molecule has 6 heteroatoms. The zero-order chi connectivity index (χ0) is 14.7. The number of fused-ring (bicyclic) bond motifs is 1. The Hall–Kier alpha value is -1.53. The molecular formula is C15H19N3O2S. The quantitative estimate of drug-likeness (QED) is 0.908. The van der Waals surface area contributed by atoms with Gasteiger partial charge in [0.05, 0.1) is 0 Å². The van der Waals surface area contributed by atoms with Crippen molar-refractivity contribution >= 4 is 34.5 Å². The third-order valence-corrected chi connectivity index (χ3v) is 4.58. The summed E-state index contributed by atoms with van der Waals surface area (Å²) in [5, 5.41) is 6.31. The molecule has 2 aromatic rings. The third kappa shape index (κ3) is 3.57. The SMILES string of the molecule is CCc1nc2cc(NC(=O)CC3CSCCN3)ccc2o1. The highest BCUT2D eigenvalue weighted by Gasteiger charge is 2.17. The van der Waals surface area contributed by atoms with Crippen LogP contribution in [0.2, 0.25) is 0 Å². The van der Waals surface area contributed by atoms with Crippen molar-refractivity contribution in [3.05, 3.63) is 24.1 Å². The average molecular weight is 305 g/mol. The minimum Gasteiger partial charge on any atom is -0.441 e. The van der Waals surface area contributed by atoms with Gasteiger partial charge in [-0.25, -0.2) is 4.98 Å². The molecule has 1 aromatic carbocycles. The van der Waals surface area contributed by atoms with Crippen molar-refractivity contribution in [1.29, 1.82) is 0 Å². The van der Waals surface area contributed by atoms with Gasteiger partial charge in [0.2, 0.25) is 5.91 Å². The van der Waals surface area contributed by atoms with E-state index in [0.29, 0.717) is 6.42 Å². The lowest BCUT2D eigenvalue weighted by Crippen LogP contribution is -2.39. The fourth-order valence-corrected chi connectivity index (χ4v) is 3.34. The minimum absolute atomic E-state index is 0.0357. The van der Waals surface area contributed by atoms with Crippen LogP contribution in [0.15, 0.2) is 22.6 Å². The van der Waals surface area contributed by atoms with Crippen molar-refractivity contribution in [3.63, 3.8) is 0 Å². The number of benzene rings is 1. The maximum Gasteiger partial charge on any atom is 0.225 e. The second kappa shape index (κ2) is 6.49. The van der Waals surface area contributed by atoms with E-state index < -0.39 is 0 Å². The van der Waals surface area contributed by atoms with E-state index in [0.717, 1.165) is 47.1 Å². The normalized spacial score (nSPS) is 18.8. The standard InChI is InChI=1S/C15H19N3O2S/c1-2-15-18-12-7-10(3-4-13(12)20-15)17-14(19)8-11-9-21-6-5-16-11/h3-4,7,11,16H,2,5-6,8-9H2,1H3,(H,17,19). The number of carbonyl (C=O) groups is 1. The first-order valence-electron chi connectivity index (χ1n) is 7.25. The van der Waals surface area contributed by atoms with Gasteiger partial charge in [-0.15, -0.1) is 0 Å². The van der Waals surface area contributed by atoms with Crippen LogP contribution in [0.25, 0.3) is 11.1 Å². The Labute approximate surface area is 127 Å².